The van der Waals surface area contributed by atoms with Crippen LogP contribution in [0.1, 0.15) is 31.6 Å². The normalized spacial score (nSPS) is 16.0. The summed E-state index contributed by atoms with van der Waals surface area (Å²) in [5.41, 5.74) is 0. The third-order valence-electron chi connectivity index (χ3n) is 3.51. The van der Waals surface area contributed by atoms with E-state index in [1.165, 1.54) is 28.5 Å². The minimum Gasteiger partial charge on any atom is -0.383 e. The molecule has 0 unspecified atom stereocenters. The highest BCUT2D eigenvalue weighted by Gasteiger charge is 2.30. The zero-order valence-electron chi connectivity index (χ0n) is 12.8. The average Bonchev–Trinajstić information content (AvgIpc) is 3.12. The summed E-state index contributed by atoms with van der Waals surface area (Å²) in [7, 11) is -1.88. The van der Waals surface area contributed by atoms with Gasteiger partial charge in [0.25, 0.3) is 0 Å². The van der Waals surface area contributed by atoms with Crippen LogP contribution >= 0.6 is 11.3 Å². The fourth-order valence-electron chi connectivity index (χ4n) is 2.18. The van der Waals surface area contributed by atoms with Gasteiger partial charge in [0.1, 0.15) is 0 Å². The molecule has 120 valence electrons. The minimum atomic E-state index is -3.46. The molecule has 0 saturated heterocycles. The molecule has 1 aliphatic carbocycles. The van der Waals surface area contributed by atoms with Gasteiger partial charge in [0.15, 0.2) is 0 Å². The van der Waals surface area contributed by atoms with Gasteiger partial charge in [0.2, 0.25) is 10.0 Å². The average molecular weight is 332 g/mol. The number of nitrogens with one attached hydrogen (secondary N) is 1. The van der Waals surface area contributed by atoms with Crippen molar-refractivity contribution in [3.63, 3.8) is 0 Å². The van der Waals surface area contributed by atoms with Crippen LogP contribution in [-0.2, 0) is 21.3 Å². The van der Waals surface area contributed by atoms with Crippen molar-refractivity contribution < 1.29 is 13.2 Å². The molecule has 0 spiro atoms. The lowest BCUT2D eigenvalue weighted by molar-refractivity contribution is 0.171. The van der Waals surface area contributed by atoms with Gasteiger partial charge in [-0.2, -0.15) is 4.31 Å². The monoisotopic (exact) mass is 332 g/mol. The highest BCUT2D eigenvalue weighted by atomic mass is 32.2. The van der Waals surface area contributed by atoms with Crippen molar-refractivity contribution in [2.45, 2.75) is 50.2 Å². The Labute approximate surface area is 131 Å². The number of hydrogen-bond acceptors (Lipinski definition) is 5. The molecule has 2 rings (SSSR count). The van der Waals surface area contributed by atoms with E-state index in [1.807, 2.05) is 19.2 Å². The lowest BCUT2D eigenvalue weighted by atomic mass is 10.4. The molecule has 1 aromatic heterocycles. The maximum Gasteiger partial charge on any atom is 0.244 e. The van der Waals surface area contributed by atoms with Gasteiger partial charge < -0.3 is 10.1 Å². The second-order valence-corrected chi connectivity index (χ2v) is 8.43. The Balaban J connectivity index is 2.17. The molecule has 5 nitrogen and oxygen atoms in total. The second-order valence-electron chi connectivity index (χ2n) is 5.57. The van der Waals surface area contributed by atoms with Gasteiger partial charge in [-0.15, -0.1) is 11.3 Å². The molecule has 1 aromatic rings. The molecule has 1 heterocycles. The molecule has 7 heteroatoms. The molecule has 1 N–H and O–H groups in total. The lowest BCUT2D eigenvalue weighted by Gasteiger charge is -2.25. The minimum absolute atomic E-state index is 0.0886. The number of hydrogen-bond donors (Lipinski definition) is 1. The Morgan fingerprint density at radius 2 is 2.19 bits per heavy atom. The van der Waals surface area contributed by atoms with Crippen molar-refractivity contribution in [2.24, 2.45) is 0 Å². The molecule has 1 aliphatic rings. The Kier molecular flexibility index (Phi) is 5.79. The maximum absolute atomic E-state index is 12.9. The van der Waals surface area contributed by atoms with E-state index in [1.54, 1.807) is 13.2 Å². The van der Waals surface area contributed by atoms with Crippen LogP contribution in [0.25, 0.3) is 0 Å². The van der Waals surface area contributed by atoms with Crippen LogP contribution in [0.4, 0.5) is 0 Å². The van der Waals surface area contributed by atoms with E-state index in [2.05, 4.69) is 5.32 Å². The first kappa shape index (κ1) is 16.9. The van der Waals surface area contributed by atoms with Crippen molar-refractivity contribution in [1.29, 1.82) is 0 Å². The molecule has 1 saturated carbocycles. The first-order valence-corrected chi connectivity index (χ1v) is 9.59. The summed E-state index contributed by atoms with van der Waals surface area (Å²) in [6, 6.07) is 2.19. The van der Waals surface area contributed by atoms with Crippen molar-refractivity contribution in [2.75, 3.05) is 20.3 Å². The van der Waals surface area contributed by atoms with Crippen LogP contribution in [0.2, 0.25) is 0 Å². The predicted molar refractivity (Wildman–Crippen MR) is 85.1 cm³/mol. The third-order valence-corrected chi connectivity index (χ3v) is 6.72. The zero-order chi connectivity index (χ0) is 15.5. The highest BCUT2D eigenvalue weighted by molar-refractivity contribution is 7.89. The number of thiophene rings is 1. The number of ether oxygens (including phenoxy) is 1. The summed E-state index contributed by atoms with van der Waals surface area (Å²) in [5, 5.41) is 5.24. The first-order valence-electron chi connectivity index (χ1n) is 7.27. The van der Waals surface area contributed by atoms with E-state index in [0.29, 0.717) is 30.6 Å². The Morgan fingerprint density at radius 1 is 1.48 bits per heavy atom. The third kappa shape index (κ3) is 4.26. The molecule has 1 fully saturated rings. The van der Waals surface area contributed by atoms with Crippen LogP contribution in [0.3, 0.4) is 0 Å². The van der Waals surface area contributed by atoms with Crippen LogP contribution in [-0.4, -0.2) is 45.1 Å². The number of sulfonamides is 1. The SMILES string of the molecule is COCCN(C(C)C)S(=O)(=O)c1ccsc1CNC1CC1. The van der Waals surface area contributed by atoms with E-state index in [0.717, 1.165) is 4.88 Å². The maximum atomic E-state index is 12.9. The first-order chi connectivity index (χ1) is 9.96. The largest absolute Gasteiger partial charge is 0.383 e. The van der Waals surface area contributed by atoms with Crippen molar-refractivity contribution in [1.82, 2.24) is 9.62 Å². The zero-order valence-corrected chi connectivity index (χ0v) is 14.5. The molecule has 0 radical (unpaired) electrons. The topological polar surface area (TPSA) is 58.6 Å². The summed E-state index contributed by atoms with van der Waals surface area (Å²) >= 11 is 1.50. The van der Waals surface area contributed by atoms with Crippen molar-refractivity contribution >= 4 is 21.4 Å². The van der Waals surface area contributed by atoms with Gasteiger partial charge in [0.05, 0.1) is 11.5 Å². The van der Waals surface area contributed by atoms with E-state index in [9.17, 15) is 8.42 Å². The van der Waals surface area contributed by atoms with E-state index < -0.39 is 10.0 Å². The van der Waals surface area contributed by atoms with Gasteiger partial charge >= 0.3 is 0 Å². The number of nitrogens with zero attached hydrogens (tertiary/aromatic N) is 1. The van der Waals surface area contributed by atoms with Crippen molar-refractivity contribution in [3.05, 3.63) is 16.3 Å². The molecular weight excluding hydrogens is 308 g/mol. The lowest BCUT2D eigenvalue weighted by Crippen LogP contribution is -2.39. The van der Waals surface area contributed by atoms with Gasteiger partial charge in [-0.25, -0.2) is 8.42 Å². The summed E-state index contributed by atoms with van der Waals surface area (Å²) < 4.78 is 32.3. The Hall–Kier alpha value is -0.470. The molecule has 21 heavy (non-hydrogen) atoms. The molecule has 0 atom stereocenters. The molecule has 0 bridgehead atoms. The summed E-state index contributed by atoms with van der Waals surface area (Å²) in [6.07, 6.45) is 2.39. The smallest absolute Gasteiger partial charge is 0.244 e. The molecular formula is C14H24N2O3S2. The number of methoxy groups -OCH3 is 1. The Morgan fingerprint density at radius 3 is 2.76 bits per heavy atom. The van der Waals surface area contributed by atoms with Gasteiger partial charge in [-0.1, -0.05) is 0 Å². The van der Waals surface area contributed by atoms with Crippen LogP contribution in [0.15, 0.2) is 16.3 Å². The summed E-state index contributed by atoms with van der Waals surface area (Å²) in [6.45, 7) is 5.19. The van der Waals surface area contributed by atoms with E-state index >= 15 is 0 Å². The fraction of sp³-hybridized carbons (Fsp3) is 0.714. The molecule has 0 aromatic carbocycles. The van der Waals surface area contributed by atoms with Crippen LogP contribution < -0.4 is 5.32 Å². The highest BCUT2D eigenvalue weighted by Crippen LogP contribution is 2.28. The van der Waals surface area contributed by atoms with Crippen LogP contribution in [0, 0.1) is 0 Å². The van der Waals surface area contributed by atoms with E-state index in [-0.39, 0.29) is 6.04 Å². The van der Waals surface area contributed by atoms with E-state index in [4.69, 9.17) is 4.74 Å². The van der Waals surface area contributed by atoms with Crippen molar-refractivity contribution in [3.8, 4) is 0 Å². The standard InChI is InChI=1S/C14H24N2O3S2/c1-11(2)16(7-8-19-3)21(17,18)14-6-9-20-13(14)10-15-12-4-5-12/h6,9,11-12,15H,4-5,7-8,10H2,1-3H3. The van der Waals surface area contributed by atoms with Crippen LogP contribution in [0.5, 0.6) is 0 Å². The van der Waals surface area contributed by atoms with Gasteiger partial charge in [-0.05, 0) is 38.1 Å². The number of rotatable bonds is 9. The van der Waals surface area contributed by atoms with Gasteiger partial charge in [0, 0.05) is 37.2 Å². The molecule has 0 amide bonds. The quantitative estimate of drug-likeness (QED) is 0.752. The summed E-state index contributed by atoms with van der Waals surface area (Å²) in [4.78, 5) is 1.33. The second kappa shape index (κ2) is 7.19. The predicted octanol–water partition coefficient (Wildman–Crippen LogP) is 2.05. The molecule has 0 aliphatic heterocycles. The Bertz CT molecular complexity index is 550. The fourth-order valence-corrected chi connectivity index (χ4v) is 5.16. The van der Waals surface area contributed by atoms with Gasteiger partial charge in [-0.3, -0.25) is 0 Å². The summed E-state index contributed by atoms with van der Waals surface area (Å²) in [5.74, 6) is 0.